The van der Waals surface area contributed by atoms with Gasteiger partial charge in [0.25, 0.3) is 0 Å². The van der Waals surface area contributed by atoms with E-state index < -0.39 is 0 Å². The highest BCUT2D eigenvalue weighted by atomic mass is 31.0. The summed E-state index contributed by atoms with van der Waals surface area (Å²) < 4.78 is 0. The van der Waals surface area contributed by atoms with Crippen LogP contribution in [0.15, 0.2) is 24.8 Å². The van der Waals surface area contributed by atoms with E-state index in [2.05, 4.69) is 68.6 Å². The Morgan fingerprint density at radius 3 is 2.37 bits per heavy atom. The minimum atomic E-state index is 0.262. The second kappa shape index (κ2) is 6.27. The van der Waals surface area contributed by atoms with Crippen molar-refractivity contribution in [3.8, 4) is 0 Å². The molecule has 0 aliphatic heterocycles. The van der Waals surface area contributed by atoms with Crippen LogP contribution in [-0.2, 0) is 6.42 Å². The second-order valence-electron chi connectivity index (χ2n) is 6.70. The molecule has 104 valence electrons. The molecule has 1 aromatic rings. The zero-order valence-corrected chi connectivity index (χ0v) is 14.4. The number of rotatable bonds is 6. The smallest absolute Gasteiger partial charge is 0.131 e. The molecule has 0 bridgehead atoms. The molecule has 0 aromatic heterocycles. The lowest BCUT2D eigenvalue weighted by atomic mass is 9.56. The third-order valence-corrected chi connectivity index (χ3v) is 5.38. The second-order valence-corrected chi connectivity index (χ2v) is 8.14. The summed E-state index contributed by atoms with van der Waals surface area (Å²) in [6.07, 6.45) is 4.25. The zero-order valence-electron chi connectivity index (χ0n) is 13.2. The van der Waals surface area contributed by atoms with Crippen LogP contribution in [-0.4, -0.2) is 12.4 Å². The third kappa shape index (κ3) is 4.21. The molecule has 0 N–H and O–H groups in total. The molecule has 0 aliphatic rings. The van der Waals surface area contributed by atoms with E-state index in [-0.39, 0.29) is 5.16 Å². The molecular formula is C17H28BP. The van der Waals surface area contributed by atoms with E-state index in [1.54, 1.807) is 0 Å². The fourth-order valence-electron chi connectivity index (χ4n) is 2.09. The molecule has 1 atom stereocenters. The molecular weight excluding hydrogens is 246 g/mol. The standard InChI is InChI=1S/C17H28BP/c1-7-13-9-10-15(11-14(13)8-2)18-12-16(3,4)17(5,6)19/h8-11,18H,2,7,12,19H2,1,3-6H3. The normalized spacial score (nSPS) is 12.3. The van der Waals surface area contributed by atoms with E-state index in [0.717, 1.165) is 13.7 Å². The first-order valence-corrected chi connectivity index (χ1v) is 7.82. The van der Waals surface area contributed by atoms with Gasteiger partial charge in [-0.1, -0.05) is 77.3 Å². The van der Waals surface area contributed by atoms with Gasteiger partial charge in [0.15, 0.2) is 7.28 Å². The van der Waals surface area contributed by atoms with Crippen molar-refractivity contribution in [3.63, 3.8) is 0 Å². The van der Waals surface area contributed by atoms with Gasteiger partial charge in [-0.15, -0.1) is 9.24 Å². The molecule has 2 heteroatoms. The van der Waals surface area contributed by atoms with Gasteiger partial charge in [0, 0.05) is 0 Å². The zero-order chi connectivity index (χ0) is 14.7. The van der Waals surface area contributed by atoms with Crippen LogP contribution in [0.4, 0.5) is 0 Å². The molecule has 0 heterocycles. The molecule has 0 fully saturated rings. The molecule has 19 heavy (non-hydrogen) atoms. The van der Waals surface area contributed by atoms with Crippen molar-refractivity contribution < 1.29 is 0 Å². The predicted octanol–water partition coefficient (Wildman–Crippen LogP) is 4.05. The maximum absolute atomic E-state index is 3.93. The van der Waals surface area contributed by atoms with Crippen molar-refractivity contribution >= 4 is 28.1 Å². The molecule has 0 aliphatic carbocycles. The highest BCUT2D eigenvalue weighted by molar-refractivity contribution is 7.19. The average Bonchev–Trinajstić information content (AvgIpc) is 2.34. The van der Waals surface area contributed by atoms with Crippen LogP contribution in [0.1, 0.15) is 45.7 Å². The van der Waals surface area contributed by atoms with Crippen LogP contribution in [0.25, 0.3) is 6.08 Å². The average molecular weight is 274 g/mol. The van der Waals surface area contributed by atoms with Gasteiger partial charge in [0.1, 0.15) is 0 Å². The maximum Gasteiger partial charge on any atom is 0.158 e. The van der Waals surface area contributed by atoms with Crippen molar-refractivity contribution in [3.05, 3.63) is 35.9 Å². The summed E-state index contributed by atoms with van der Waals surface area (Å²) in [5.74, 6) is 0. The first-order chi connectivity index (χ1) is 8.71. The number of aryl methyl sites for hydroxylation is 1. The predicted molar refractivity (Wildman–Crippen MR) is 95.1 cm³/mol. The van der Waals surface area contributed by atoms with Gasteiger partial charge in [0.2, 0.25) is 0 Å². The Morgan fingerprint density at radius 2 is 1.89 bits per heavy atom. The van der Waals surface area contributed by atoms with E-state index in [0.29, 0.717) is 5.41 Å². The lowest BCUT2D eigenvalue weighted by Gasteiger charge is -2.38. The third-order valence-electron chi connectivity index (χ3n) is 4.59. The lowest BCUT2D eigenvalue weighted by molar-refractivity contribution is 0.319. The van der Waals surface area contributed by atoms with Crippen LogP contribution in [0.5, 0.6) is 0 Å². The molecule has 1 rings (SSSR count). The Morgan fingerprint density at radius 1 is 1.26 bits per heavy atom. The first-order valence-electron chi connectivity index (χ1n) is 7.24. The minimum absolute atomic E-state index is 0.262. The number of hydrogen-bond donors (Lipinski definition) is 0. The first kappa shape index (κ1) is 16.5. The van der Waals surface area contributed by atoms with Gasteiger partial charge < -0.3 is 0 Å². The molecule has 0 spiro atoms. The van der Waals surface area contributed by atoms with Crippen LogP contribution in [0.2, 0.25) is 6.32 Å². The van der Waals surface area contributed by atoms with Gasteiger partial charge in [-0.25, -0.2) is 0 Å². The molecule has 0 radical (unpaired) electrons. The van der Waals surface area contributed by atoms with Crippen molar-refractivity contribution in [1.82, 2.24) is 0 Å². The van der Waals surface area contributed by atoms with E-state index in [1.807, 2.05) is 6.08 Å². The fraction of sp³-hybridized carbons (Fsp3) is 0.529. The lowest BCUT2D eigenvalue weighted by Crippen LogP contribution is -2.35. The highest BCUT2D eigenvalue weighted by Crippen LogP contribution is 2.40. The van der Waals surface area contributed by atoms with Crippen molar-refractivity contribution in [2.75, 3.05) is 0 Å². The van der Waals surface area contributed by atoms with Gasteiger partial charge in [-0.05, 0) is 28.1 Å². The van der Waals surface area contributed by atoms with Crippen LogP contribution in [0.3, 0.4) is 0 Å². The Labute approximate surface area is 122 Å². The topological polar surface area (TPSA) is 0 Å². The summed E-state index contributed by atoms with van der Waals surface area (Å²) in [7, 11) is 4.12. The van der Waals surface area contributed by atoms with Gasteiger partial charge in [-0.2, -0.15) is 0 Å². The molecule has 0 amide bonds. The quantitative estimate of drug-likeness (QED) is 0.542. The van der Waals surface area contributed by atoms with Crippen LogP contribution < -0.4 is 5.46 Å². The summed E-state index contributed by atoms with van der Waals surface area (Å²) in [5.41, 5.74) is 4.43. The van der Waals surface area contributed by atoms with E-state index in [9.17, 15) is 0 Å². The summed E-state index contributed by atoms with van der Waals surface area (Å²) in [6.45, 7) is 15.4. The van der Waals surface area contributed by atoms with Gasteiger partial charge >= 0.3 is 0 Å². The van der Waals surface area contributed by atoms with Crippen molar-refractivity contribution in [2.24, 2.45) is 5.41 Å². The Bertz CT molecular complexity index is 441. The SMILES string of the molecule is C=Cc1cc(BCC(C)(C)C(C)(C)P)ccc1CC. The largest absolute Gasteiger partial charge is 0.158 e. The van der Waals surface area contributed by atoms with E-state index >= 15 is 0 Å². The molecule has 0 saturated carbocycles. The fourth-order valence-corrected chi connectivity index (χ4v) is 2.24. The van der Waals surface area contributed by atoms with E-state index in [1.165, 1.54) is 22.9 Å². The van der Waals surface area contributed by atoms with Crippen molar-refractivity contribution in [1.29, 1.82) is 0 Å². The van der Waals surface area contributed by atoms with Crippen molar-refractivity contribution in [2.45, 2.75) is 52.5 Å². The molecule has 1 unspecified atom stereocenters. The van der Waals surface area contributed by atoms with Crippen LogP contribution in [0, 0.1) is 5.41 Å². The number of benzene rings is 1. The summed E-state index contributed by atoms with van der Waals surface area (Å²) in [5, 5.41) is 0.262. The Hall–Kier alpha value is -0.545. The van der Waals surface area contributed by atoms with Crippen LogP contribution >= 0.6 is 9.24 Å². The monoisotopic (exact) mass is 274 g/mol. The number of hydrogen-bond acceptors (Lipinski definition) is 0. The molecule has 0 saturated heterocycles. The summed E-state index contributed by atoms with van der Waals surface area (Å²) in [6, 6.07) is 6.83. The van der Waals surface area contributed by atoms with Gasteiger partial charge in [-0.3, -0.25) is 0 Å². The maximum atomic E-state index is 3.93. The van der Waals surface area contributed by atoms with E-state index in [4.69, 9.17) is 0 Å². The van der Waals surface area contributed by atoms with Gasteiger partial charge in [0.05, 0.1) is 0 Å². The molecule has 1 aromatic carbocycles. The molecule has 0 nitrogen and oxygen atoms in total. The summed E-state index contributed by atoms with van der Waals surface area (Å²) >= 11 is 0. The Balaban J connectivity index is 2.82. The summed E-state index contributed by atoms with van der Waals surface area (Å²) in [4.78, 5) is 0. The Kier molecular flexibility index (Phi) is 5.45. The highest BCUT2D eigenvalue weighted by Gasteiger charge is 2.32. The minimum Gasteiger partial charge on any atom is -0.131 e.